The van der Waals surface area contributed by atoms with Crippen molar-refractivity contribution in [3.8, 4) is 22.8 Å². The highest BCUT2D eigenvalue weighted by molar-refractivity contribution is 7.85. The van der Waals surface area contributed by atoms with E-state index in [0.29, 0.717) is 35.6 Å². The van der Waals surface area contributed by atoms with Gasteiger partial charge in [0.05, 0.1) is 34.9 Å². The van der Waals surface area contributed by atoms with Crippen molar-refractivity contribution in [2.24, 2.45) is 5.92 Å². The summed E-state index contributed by atoms with van der Waals surface area (Å²) < 4.78 is 18.2. The summed E-state index contributed by atoms with van der Waals surface area (Å²) in [6, 6.07) is 7.60. The smallest absolute Gasteiger partial charge is 0.268 e. The first kappa shape index (κ1) is 22.7. The monoisotopic (exact) mass is 454 g/mol. The van der Waals surface area contributed by atoms with Gasteiger partial charge in [0.2, 0.25) is 5.89 Å². The summed E-state index contributed by atoms with van der Waals surface area (Å²) >= 11 is 0. The Kier molecular flexibility index (Phi) is 7.39. The van der Waals surface area contributed by atoms with Gasteiger partial charge in [0.15, 0.2) is 0 Å². The molecular formula is C23H30N6O2S. The molecule has 2 atom stereocenters. The maximum Gasteiger partial charge on any atom is 0.268 e. The zero-order valence-electron chi connectivity index (χ0n) is 18.8. The molecule has 0 radical (unpaired) electrons. The minimum Gasteiger partial charge on any atom is -0.418 e. The van der Waals surface area contributed by atoms with E-state index in [1.54, 1.807) is 6.20 Å². The molecule has 0 amide bonds. The molecule has 1 saturated heterocycles. The largest absolute Gasteiger partial charge is 0.418 e. The van der Waals surface area contributed by atoms with Crippen LogP contribution in [0.2, 0.25) is 0 Å². The highest BCUT2D eigenvalue weighted by Gasteiger charge is 2.17. The van der Waals surface area contributed by atoms with Gasteiger partial charge in [-0.15, -0.1) is 10.2 Å². The van der Waals surface area contributed by atoms with Crippen molar-refractivity contribution in [2.45, 2.75) is 50.3 Å². The zero-order chi connectivity index (χ0) is 22.5. The summed E-state index contributed by atoms with van der Waals surface area (Å²) in [7, 11) is -1.02. The van der Waals surface area contributed by atoms with Crippen LogP contribution in [-0.2, 0) is 17.3 Å². The molecule has 9 heteroatoms. The SMILES string of the molecule is Cc1ncc(-c2ccc(S(=O)C(C)C)cc2)nc1-c1nnc(CNCC2CCCNC2)o1. The molecule has 3 aromatic rings. The average Bonchev–Trinajstić information content (AvgIpc) is 3.28. The highest BCUT2D eigenvalue weighted by atomic mass is 32.2. The summed E-state index contributed by atoms with van der Waals surface area (Å²) in [5.74, 6) is 1.54. The first-order valence-electron chi connectivity index (χ1n) is 11.1. The standard InChI is InChI=1S/C23H30N6O2S/c1-15(2)32(30)19-8-6-18(7-9-19)20-13-26-16(3)22(27-20)23-29-28-21(31-23)14-25-12-17-5-4-10-24-11-17/h6-9,13,15,17,24-25H,4-5,10-12,14H2,1-3H3. The molecule has 1 aliphatic rings. The minimum atomic E-state index is -1.02. The number of nitrogens with zero attached hydrogens (tertiary/aromatic N) is 4. The zero-order valence-corrected chi connectivity index (χ0v) is 19.6. The lowest BCUT2D eigenvalue weighted by molar-refractivity contribution is 0.352. The van der Waals surface area contributed by atoms with Crippen LogP contribution in [-0.4, -0.2) is 49.3 Å². The Bertz CT molecular complexity index is 1060. The van der Waals surface area contributed by atoms with Crippen molar-refractivity contribution in [1.29, 1.82) is 0 Å². The fourth-order valence-electron chi connectivity index (χ4n) is 3.73. The number of piperidine rings is 1. The van der Waals surface area contributed by atoms with Gasteiger partial charge in [-0.25, -0.2) is 4.98 Å². The number of aryl methyl sites for hydroxylation is 1. The fourth-order valence-corrected chi connectivity index (χ4v) is 4.67. The van der Waals surface area contributed by atoms with Gasteiger partial charge in [-0.3, -0.25) is 9.19 Å². The van der Waals surface area contributed by atoms with Crippen molar-refractivity contribution < 1.29 is 8.63 Å². The Balaban J connectivity index is 1.45. The number of nitrogens with one attached hydrogen (secondary N) is 2. The second-order valence-corrected chi connectivity index (χ2v) is 10.4. The van der Waals surface area contributed by atoms with Crippen LogP contribution in [0.3, 0.4) is 0 Å². The van der Waals surface area contributed by atoms with Crippen LogP contribution in [0.15, 0.2) is 39.8 Å². The lowest BCUT2D eigenvalue weighted by atomic mass is 10.00. The van der Waals surface area contributed by atoms with Gasteiger partial charge >= 0.3 is 0 Å². The van der Waals surface area contributed by atoms with Gasteiger partial charge in [0.1, 0.15) is 5.69 Å². The Hall–Kier alpha value is -2.49. The van der Waals surface area contributed by atoms with E-state index in [-0.39, 0.29) is 5.25 Å². The topological polar surface area (TPSA) is 106 Å². The summed E-state index contributed by atoms with van der Waals surface area (Å²) in [6.45, 7) is 9.40. The quantitative estimate of drug-likeness (QED) is 0.535. The van der Waals surface area contributed by atoms with E-state index in [1.165, 1.54) is 12.8 Å². The van der Waals surface area contributed by atoms with E-state index in [0.717, 1.165) is 35.8 Å². The Morgan fingerprint density at radius 2 is 2.06 bits per heavy atom. The van der Waals surface area contributed by atoms with Crippen LogP contribution >= 0.6 is 0 Å². The number of hydrogen-bond donors (Lipinski definition) is 2. The van der Waals surface area contributed by atoms with Crippen LogP contribution in [0.1, 0.15) is 38.3 Å². The molecule has 1 aliphatic heterocycles. The van der Waals surface area contributed by atoms with Crippen molar-refractivity contribution in [2.75, 3.05) is 19.6 Å². The van der Waals surface area contributed by atoms with Crippen LogP contribution in [0.25, 0.3) is 22.8 Å². The number of rotatable bonds is 8. The Morgan fingerprint density at radius 1 is 1.25 bits per heavy atom. The number of benzene rings is 1. The first-order chi connectivity index (χ1) is 15.5. The van der Waals surface area contributed by atoms with E-state index in [4.69, 9.17) is 9.40 Å². The van der Waals surface area contributed by atoms with Crippen LogP contribution in [0.5, 0.6) is 0 Å². The first-order valence-corrected chi connectivity index (χ1v) is 12.3. The average molecular weight is 455 g/mol. The molecule has 4 rings (SSSR count). The van der Waals surface area contributed by atoms with Crippen molar-refractivity contribution >= 4 is 10.8 Å². The van der Waals surface area contributed by atoms with E-state index >= 15 is 0 Å². The Morgan fingerprint density at radius 3 is 2.78 bits per heavy atom. The molecule has 0 bridgehead atoms. The van der Waals surface area contributed by atoms with Crippen LogP contribution < -0.4 is 10.6 Å². The second kappa shape index (κ2) is 10.4. The number of aromatic nitrogens is 4. The molecule has 8 nitrogen and oxygen atoms in total. The Labute approximate surface area is 191 Å². The second-order valence-electron chi connectivity index (χ2n) is 8.40. The molecule has 1 aromatic carbocycles. The minimum absolute atomic E-state index is 0.0761. The van der Waals surface area contributed by atoms with Crippen LogP contribution in [0, 0.1) is 12.8 Å². The van der Waals surface area contributed by atoms with Gasteiger partial charge < -0.3 is 15.1 Å². The third kappa shape index (κ3) is 5.46. The van der Waals surface area contributed by atoms with Gasteiger partial charge in [-0.2, -0.15) is 0 Å². The molecular weight excluding hydrogens is 424 g/mol. The molecule has 3 heterocycles. The van der Waals surface area contributed by atoms with Crippen molar-refractivity contribution in [1.82, 2.24) is 30.8 Å². The molecule has 1 fully saturated rings. The lowest BCUT2D eigenvalue weighted by Crippen LogP contribution is -2.35. The van der Waals surface area contributed by atoms with Crippen molar-refractivity contribution in [3.63, 3.8) is 0 Å². The number of hydrogen-bond acceptors (Lipinski definition) is 8. The molecule has 0 spiro atoms. The molecule has 2 aromatic heterocycles. The van der Waals surface area contributed by atoms with E-state index in [2.05, 4.69) is 25.8 Å². The predicted octanol–water partition coefficient (Wildman–Crippen LogP) is 3.11. The normalized spacial score (nSPS) is 17.6. The van der Waals surface area contributed by atoms with Gasteiger partial charge in [0, 0.05) is 15.7 Å². The maximum absolute atomic E-state index is 12.3. The lowest BCUT2D eigenvalue weighted by Gasteiger charge is -2.22. The summed E-state index contributed by atoms with van der Waals surface area (Å²) in [5, 5.41) is 15.3. The fraction of sp³-hybridized carbons (Fsp3) is 0.478. The third-order valence-corrected chi connectivity index (χ3v) is 7.14. The van der Waals surface area contributed by atoms with Crippen molar-refractivity contribution in [3.05, 3.63) is 42.0 Å². The van der Waals surface area contributed by atoms with E-state index in [1.807, 2.05) is 45.0 Å². The molecule has 0 aliphatic carbocycles. The van der Waals surface area contributed by atoms with E-state index in [9.17, 15) is 4.21 Å². The predicted molar refractivity (Wildman–Crippen MR) is 124 cm³/mol. The third-order valence-electron chi connectivity index (χ3n) is 5.54. The summed E-state index contributed by atoms with van der Waals surface area (Å²) in [6.07, 6.45) is 4.19. The molecule has 32 heavy (non-hydrogen) atoms. The summed E-state index contributed by atoms with van der Waals surface area (Å²) in [5.41, 5.74) is 2.90. The molecule has 170 valence electrons. The van der Waals surface area contributed by atoms with E-state index < -0.39 is 10.8 Å². The van der Waals surface area contributed by atoms with Gasteiger partial charge in [-0.1, -0.05) is 26.0 Å². The molecule has 2 N–H and O–H groups in total. The highest BCUT2D eigenvalue weighted by Crippen LogP contribution is 2.24. The molecule has 0 saturated carbocycles. The van der Waals surface area contributed by atoms with Gasteiger partial charge in [-0.05, 0) is 57.5 Å². The molecule has 2 unspecified atom stereocenters. The van der Waals surface area contributed by atoms with Gasteiger partial charge in [0.25, 0.3) is 5.89 Å². The maximum atomic E-state index is 12.3. The van der Waals surface area contributed by atoms with Crippen LogP contribution in [0.4, 0.5) is 0 Å². The summed E-state index contributed by atoms with van der Waals surface area (Å²) in [4.78, 5) is 10.0.